The lowest BCUT2D eigenvalue weighted by molar-refractivity contribution is -0.138. The van der Waals surface area contributed by atoms with E-state index in [1.807, 2.05) is 54.3 Å². The van der Waals surface area contributed by atoms with Gasteiger partial charge in [-0.3, -0.25) is 4.79 Å². The first-order chi connectivity index (χ1) is 15.5. The van der Waals surface area contributed by atoms with Crippen molar-refractivity contribution in [1.82, 2.24) is 9.88 Å². The number of esters is 1. The summed E-state index contributed by atoms with van der Waals surface area (Å²) in [5, 5.41) is 1.30. The molecule has 1 aliphatic heterocycles. The van der Waals surface area contributed by atoms with Crippen LogP contribution in [0.25, 0.3) is 22.2 Å². The fourth-order valence-corrected chi connectivity index (χ4v) is 4.71. The summed E-state index contributed by atoms with van der Waals surface area (Å²) >= 11 is 6.19. The summed E-state index contributed by atoms with van der Waals surface area (Å²) in [6.07, 6.45) is 4.05. The van der Waals surface area contributed by atoms with Crippen LogP contribution in [0, 0.1) is 6.92 Å². The van der Waals surface area contributed by atoms with E-state index >= 15 is 0 Å². The molecule has 0 bridgehead atoms. The van der Waals surface area contributed by atoms with Gasteiger partial charge in [-0.05, 0) is 56.4 Å². The molecule has 6 heteroatoms. The SMILES string of the molecule is CCC1CCCCN1C(=O)COC(=O)c1c(C)c(-c2cccc(Cl)c2)nc2ccccc12. The molecule has 1 atom stereocenters. The zero-order valence-corrected chi connectivity index (χ0v) is 19.2. The topological polar surface area (TPSA) is 59.5 Å². The highest BCUT2D eigenvalue weighted by Crippen LogP contribution is 2.31. The first-order valence-electron chi connectivity index (χ1n) is 11.1. The maximum Gasteiger partial charge on any atom is 0.339 e. The number of para-hydroxylation sites is 1. The molecule has 2 heterocycles. The molecule has 1 aromatic heterocycles. The van der Waals surface area contributed by atoms with E-state index in [2.05, 4.69) is 6.92 Å². The molecule has 4 rings (SSSR count). The van der Waals surface area contributed by atoms with E-state index in [9.17, 15) is 9.59 Å². The maximum atomic E-state index is 13.2. The predicted molar refractivity (Wildman–Crippen MR) is 127 cm³/mol. The highest BCUT2D eigenvalue weighted by molar-refractivity contribution is 6.30. The number of halogens is 1. The molecule has 2 aromatic carbocycles. The third kappa shape index (κ3) is 4.49. The summed E-state index contributed by atoms with van der Waals surface area (Å²) in [7, 11) is 0. The Balaban J connectivity index is 1.65. The van der Waals surface area contributed by atoms with Gasteiger partial charge < -0.3 is 9.64 Å². The normalized spacial score (nSPS) is 16.2. The molecular formula is C26H27ClN2O3. The van der Waals surface area contributed by atoms with Crippen LogP contribution in [-0.2, 0) is 9.53 Å². The van der Waals surface area contributed by atoms with E-state index in [1.165, 1.54) is 0 Å². The number of aromatic nitrogens is 1. The van der Waals surface area contributed by atoms with Gasteiger partial charge in [0, 0.05) is 28.6 Å². The van der Waals surface area contributed by atoms with Crippen LogP contribution in [0.2, 0.25) is 5.02 Å². The van der Waals surface area contributed by atoms with E-state index in [0.717, 1.165) is 37.8 Å². The second-order valence-corrected chi connectivity index (χ2v) is 8.65. The van der Waals surface area contributed by atoms with E-state index in [0.29, 0.717) is 32.7 Å². The van der Waals surface area contributed by atoms with Crippen molar-refractivity contribution in [3.05, 3.63) is 64.7 Å². The number of nitrogens with zero attached hydrogens (tertiary/aromatic N) is 2. The lowest BCUT2D eigenvalue weighted by atomic mass is 9.98. The molecule has 0 spiro atoms. The Bertz CT molecular complexity index is 1160. The third-order valence-corrected chi connectivity index (χ3v) is 6.42. The van der Waals surface area contributed by atoms with Crippen molar-refractivity contribution in [2.45, 2.75) is 45.6 Å². The van der Waals surface area contributed by atoms with Crippen molar-refractivity contribution in [2.24, 2.45) is 0 Å². The van der Waals surface area contributed by atoms with E-state index in [1.54, 1.807) is 6.07 Å². The highest BCUT2D eigenvalue weighted by atomic mass is 35.5. The largest absolute Gasteiger partial charge is 0.452 e. The van der Waals surface area contributed by atoms with Gasteiger partial charge in [0.15, 0.2) is 6.61 Å². The second kappa shape index (κ2) is 9.70. The average Bonchev–Trinajstić information content (AvgIpc) is 2.81. The number of fused-ring (bicyclic) bond motifs is 1. The molecule has 0 saturated carbocycles. The van der Waals surface area contributed by atoms with Gasteiger partial charge in [-0.15, -0.1) is 0 Å². The van der Waals surface area contributed by atoms with Crippen LogP contribution in [0.15, 0.2) is 48.5 Å². The number of hydrogen-bond acceptors (Lipinski definition) is 4. The Hall–Kier alpha value is -2.92. The number of ether oxygens (including phenoxy) is 1. The van der Waals surface area contributed by atoms with Gasteiger partial charge in [-0.25, -0.2) is 9.78 Å². The molecule has 1 amide bonds. The summed E-state index contributed by atoms with van der Waals surface area (Å²) < 4.78 is 5.56. The highest BCUT2D eigenvalue weighted by Gasteiger charge is 2.27. The van der Waals surface area contributed by atoms with Crippen LogP contribution in [0.3, 0.4) is 0 Å². The number of likely N-dealkylation sites (tertiary alicyclic amines) is 1. The quantitative estimate of drug-likeness (QED) is 0.460. The summed E-state index contributed by atoms with van der Waals surface area (Å²) in [6, 6.07) is 15.1. The summed E-state index contributed by atoms with van der Waals surface area (Å²) in [4.78, 5) is 32.7. The third-order valence-electron chi connectivity index (χ3n) is 6.18. The van der Waals surface area contributed by atoms with Crippen LogP contribution >= 0.6 is 11.6 Å². The number of benzene rings is 2. The van der Waals surface area contributed by atoms with Crippen molar-refractivity contribution in [1.29, 1.82) is 0 Å². The molecule has 1 fully saturated rings. The van der Waals surface area contributed by atoms with Crippen molar-refractivity contribution in [3.8, 4) is 11.3 Å². The standard InChI is InChI=1S/C26H27ClN2O3/c1-3-20-11-6-7-14-29(20)23(30)16-32-26(31)24-17(2)25(18-9-8-10-19(27)15-18)28-22-13-5-4-12-21(22)24/h4-5,8-10,12-13,15,20H,3,6-7,11,14,16H2,1-2H3. The smallest absolute Gasteiger partial charge is 0.339 e. The van der Waals surface area contributed by atoms with Crippen LogP contribution < -0.4 is 0 Å². The predicted octanol–water partition coefficient (Wildman–Crippen LogP) is 5.81. The fraction of sp³-hybridized carbons (Fsp3) is 0.346. The number of amides is 1. The number of piperidine rings is 1. The summed E-state index contributed by atoms with van der Waals surface area (Å²) in [5.74, 6) is -0.640. The molecule has 0 N–H and O–H groups in total. The van der Waals surface area contributed by atoms with Crippen molar-refractivity contribution < 1.29 is 14.3 Å². The van der Waals surface area contributed by atoms with Crippen LogP contribution in [0.5, 0.6) is 0 Å². The van der Waals surface area contributed by atoms with E-state index in [-0.39, 0.29) is 18.6 Å². The van der Waals surface area contributed by atoms with Crippen molar-refractivity contribution >= 4 is 34.4 Å². The van der Waals surface area contributed by atoms with E-state index in [4.69, 9.17) is 21.3 Å². The molecule has 1 saturated heterocycles. The van der Waals surface area contributed by atoms with Gasteiger partial charge in [0.05, 0.1) is 16.8 Å². The van der Waals surface area contributed by atoms with E-state index < -0.39 is 5.97 Å². The molecule has 32 heavy (non-hydrogen) atoms. The first kappa shape index (κ1) is 22.3. The Morgan fingerprint density at radius 2 is 1.97 bits per heavy atom. The van der Waals surface area contributed by atoms with Gasteiger partial charge >= 0.3 is 5.97 Å². The fourth-order valence-electron chi connectivity index (χ4n) is 4.52. The minimum atomic E-state index is -0.511. The first-order valence-corrected chi connectivity index (χ1v) is 11.5. The molecule has 1 unspecified atom stereocenters. The number of rotatable bonds is 5. The lowest BCUT2D eigenvalue weighted by Gasteiger charge is -2.35. The molecule has 0 aliphatic carbocycles. The molecular weight excluding hydrogens is 424 g/mol. The Morgan fingerprint density at radius 1 is 1.16 bits per heavy atom. The van der Waals surface area contributed by atoms with Gasteiger partial charge in [-0.1, -0.05) is 48.9 Å². The monoisotopic (exact) mass is 450 g/mol. The van der Waals surface area contributed by atoms with Gasteiger partial charge in [0.1, 0.15) is 0 Å². The average molecular weight is 451 g/mol. The minimum Gasteiger partial charge on any atom is -0.452 e. The lowest BCUT2D eigenvalue weighted by Crippen LogP contribution is -2.45. The molecule has 1 aliphatic rings. The molecule has 166 valence electrons. The number of hydrogen-bond donors (Lipinski definition) is 0. The van der Waals surface area contributed by atoms with Gasteiger partial charge in [0.25, 0.3) is 5.91 Å². The second-order valence-electron chi connectivity index (χ2n) is 8.21. The molecule has 0 radical (unpaired) electrons. The summed E-state index contributed by atoms with van der Waals surface area (Å²) in [5.41, 5.74) is 3.32. The molecule has 5 nitrogen and oxygen atoms in total. The Kier molecular flexibility index (Phi) is 6.75. The Morgan fingerprint density at radius 3 is 2.75 bits per heavy atom. The zero-order valence-electron chi connectivity index (χ0n) is 18.4. The Labute approximate surface area is 193 Å². The number of carbonyl (C=O) groups excluding carboxylic acids is 2. The minimum absolute atomic E-state index is 0.129. The number of pyridine rings is 1. The van der Waals surface area contributed by atoms with Crippen molar-refractivity contribution in [2.75, 3.05) is 13.2 Å². The van der Waals surface area contributed by atoms with Crippen LogP contribution in [-0.4, -0.2) is 41.0 Å². The number of carbonyl (C=O) groups is 2. The van der Waals surface area contributed by atoms with Crippen LogP contribution in [0.1, 0.15) is 48.5 Å². The van der Waals surface area contributed by atoms with Gasteiger partial charge in [0.2, 0.25) is 0 Å². The van der Waals surface area contributed by atoms with Crippen molar-refractivity contribution in [3.63, 3.8) is 0 Å². The van der Waals surface area contributed by atoms with Gasteiger partial charge in [-0.2, -0.15) is 0 Å². The van der Waals surface area contributed by atoms with Crippen LogP contribution in [0.4, 0.5) is 0 Å². The molecule has 3 aromatic rings. The zero-order chi connectivity index (χ0) is 22.7. The maximum absolute atomic E-state index is 13.2. The summed E-state index contributed by atoms with van der Waals surface area (Å²) in [6.45, 7) is 4.42.